The number of hydrazone groups is 1. The molecular weight excluding hydrogens is 284 g/mol. The van der Waals surface area contributed by atoms with Crippen LogP contribution in [0.4, 0.5) is 0 Å². The molecule has 1 aromatic heterocycles. The van der Waals surface area contributed by atoms with E-state index in [2.05, 4.69) is 53.8 Å². The van der Waals surface area contributed by atoms with E-state index in [-0.39, 0.29) is 10.5 Å². The zero-order valence-corrected chi connectivity index (χ0v) is 13.1. The van der Waals surface area contributed by atoms with Gasteiger partial charge in [-0.1, -0.05) is 38.1 Å². The van der Waals surface area contributed by atoms with E-state index in [4.69, 9.17) is 5.73 Å². The second-order valence-corrected chi connectivity index (χ2v) is 6.05. The van der Waals surface area contributed by atoms with Crippen molar-refractivity contribution in [3.63, 3.8) is 0 Å². The molecule has 0 fully saturated rings. The van der Waals surface area contributed by atoms with Crippen LogP contribution in [0.1, 0.15) is 32.0 Å². The van der Waals surface area contributed by atoms with Gasteiger partial charge in [0.1, 0.15) is 0 Å². The molecule has 0 aliphatic heterocycles. The molecule has 0 unspecified atom stereocenters. The largest absolute Gasteiger partial charge is 0.375 e. The summed E-state index contributed by atoms with van der Waals surface area (Å²) in [7, 11) is 0. The SMILES string of the molecule is CC(C)(C)c1cnnn1-c1ccc(/C=N\NC(N)=S)cc1. The Morgan fingerprint density at radius 2 is 2.00 bits per heavy atom. The molecule has 0 spiro atoms. The Morgan fingerprint density at radius 3 is 2.57 bits per heavy atom. The quantitative estimate of drug-likeness (QED) is 0.513. The van der Waals surface area contributed by atoms with Crippen LogP contribution in [0.5, 0.6) is 0 Å². The van der Waals surface area contributed by atoms with E-state index in [1.54, 1.807) is 12.4 Å². The Balaban J connectivity index is 2.22. The lowest BCUT2D eigenvalue weighted by molar-refractivity contribution is 0.542. The minimum absolute atomic E-state index is 0.0234. The molecule has 6 nitrogen and oxygen atoms in total. The Kier molecular flexibility index (Phi) is 4.32. The van der Waals surface area contributed by atoms with E-state index in [9.17, 15) is 0 Å². The Hall–Kier alpha value is -2.28. The van der Waals surface area contributed by atoms with Gasteiger partial charge in [0.05, 0.1) is 23.8 Å². The molecule has 0 atom stereocenters. The molecule has 21 heavy (non-hydrogen) atoms. The van der Waals surface area contributed by atoms with Gasteiger partial charge < -0.3 is 5.73 Å². The standard InChI is InChI=1S/C14H18N6S/c1-14(2,3)12-9-17-19-20(12)11-6-4-10(5-7-11)8-16-18-13(15)21/h4-9H,1-3H3,(H3,15,18,21)/b16-8-. The molecular formula is C14H18N6S. The van der Waals surface area contributed by atoms with Gasteiger partial charge in [-0.05, 0) is 29.9 Å². The van der Waals surface area contributed by atoms with Gasteiger partial charge in [0.2, 0.25) is 0 Å². The summed E-state index contributed by atoms with van der Waals surface area (Å²) in [6, 6.07) is 7.81. The zero-order chi connectivity index (χ0) is 15.5. The molecule has 0 saturated heterocycles. The second-order valence-electron chi connectivity index (χ2n) is 5.61. The van der Waals surface area contributed by atoms with Crippen molar-refractivity contribution in [2.45, 2.75) is 26.2 Å². The van der Waals surface area contributed by atoms with Crippen molar-refractivity contribution in [1.82, 2.24) is 20.4 Å². The maximum atomic E-state index is 5.29. The topological polar surface area (TPSA) is 81.1 Å². The highest BCUT2D eigenvalue weighted by atomic mass is 32.1. The number of hydrogen-bond acceptors (Lipinski definition) is 4. The van der Waals surface area contributed by atoms with Crippen LogP contribution in [0, 0.1) is 0 Å². The summed E-state index contributed by atoms with van der Waals surface area (Å²) in [5.41, 5.74) is 10.7. The molecule has 1 aromatic carbocycles. The summed E-state index contributed by atoms with van der Waals surface area (Å²) in [6.07, 6.45) is 3.44. The van der Waals surface area contributed by atoms with Crippen LogP contribution in [0.2, 0.25) is 0 Å². The third-order valence-corrected chi connectivity index (χ3v) is 2.94. The van der Waals surface area contributed by atoms with E-state index in [0.29, 0.717) is 0 Å². The Morgan fingerprint density at radius 1 is 1.33 bits per heavy atom. The lowest BCUT2D eigenvalue weighted by Gasteiger charge is -2.19. The first-order valence-electron chi connectivity index (χ1n) is 6.48. The molecule has 1 heterocycles. The number of nitrogens with one attached hydrogen (secondary N) is 1. The van der Waals surface area contributed by atoms with Gasteiger partial charge >= 0.3 is 0 Å². The number of hydrogen-bond donors (Lipinski definition) is 2. The van der Waals surface area contributed by atoms with Crippen LogP contribution < -0.4 is 11.2 Å². The number of aromatic nitrogens is 3. The average molecular weight is 302 g/mol. The molecule has 3 N–H and O–H groups in total. The summed E-state index contributed by atoms with van der Waals surface area (Å²) < 4.78 is 1.84. The number of rotatable bonds is 3. The van der Waals surface area contributed by atoms with Crippen LogP contribution in [-0.2, 0) is 5.41 Å². The van der Waals surface area contributed by atoms with Gasteiger partial charge in [-0.2, -0.15) is 5.10 Å². The second kappa shape index (κ2) is 6.01. The predicted molar refractivity (Wildman–Crippen MR) is 87.6 cm³/mol. The summed E-state index contributed by atoms with van der Waals surface area (Å²) in [5.74, 6) is 0. The monoisotopic (exact) mass is 302 g/mol. The number of nitrogens with zero attached hydrogens (tertiary/aromatic N) is 4. The van der Waals surface area contributed by atoms with Crippen molar-refractivity contribution in [2.75, 3.05) is 0 Å². The van der Waals surface area contributed by atoms with Crippen LogP contribution in [-0.4, -0.2) is 26.3 Å². The fraction of sp³-hybridized carbons (Fsp3) is 0.286. The minimum Gasteiger partial charge on any atom is -0.375 e. The summed E-state index contributed by atoms with van der Waals surface area (Å²) in [6.45, 7) is 6.39. The third-order valence-electron chi connectivity index (χ3n) is 2.84. The first kappa shape index (κ1) is 15.1. The van der Waals surface area contributed by atoms with Crippen molar-refractivity contribution in [2.24, 2.45) is 10.8 Å². The maximum Gasteiger partial charge on any atom is 0.184 e. The van der Waals surface area contributed by atoms with E-state index in [0.717, 1.165) is 16.9 Å². The Bertz CT molecular complexity index is 651. The van der Waals surface area contributed by atoms with Crippen molar-refractivity contribution in [3.05, 3.63) is 41.7 Å². The van der Waals surface area contributed by atoms with Gasteiger partial charge in [-0.15, -0.1) is 5.10 Å². The highest BCUT2D eigenvalue weighted by Gasteiger charge is 2.20. The van der Waals surface area contributed by atoms with Crippen molar-refractivity contribution in [1.29, 1.82) is 0 Å². The fourth-order valence-electron chi connectivity index (χ4n) is 1.81. The Labute approximate surface area is 129 Å². The average Bonchev–Trinajstić information content (AvgIpc) is 2.88. The van der Waals surface area contributed by atoms with Crippen molar-refractivity contribution < 1.29 is 0 Å². The number of benzene rings is 1. The van der Waals surface area contributed by atoms with Crippen LogP contribution in [0.15, 0.2) is 35.6 Å². The zero-order valence-electron chi connectivity index (χ0n) is 12.2. The summed E-state index contributed by atoms with van der Waals surface area (Å²) >= 11 is 4.67. The lowest BCUT2D eigenvalue weighted by atomic mass is 9.92. The normalized spacial score (nSPS) is 11.8. The highest BCUT2D eigenvalue weighted by Crippen LogP contribution is 2.23. The molecule has 7 heteroatoms. The van der Waals surface area contributed by atoms with Crippen molar-refractivity contribution >= 4 is 23.5 Å². The first-order valence-corrected chi connectivity index (χ1v) is 6.89. The molecule has 0 bridgehead atoms. The lowest BCUT2D eigenvalue weighted by Crippen LogP contribution is -2.23. The van der Waals surface area contributed by atoms with Crippen molar-refractivity contribution in [3.8, 4) is 5.69 Å². The first-order chi connectivity index (χ1) is 9.88. The molecule has 0 saturated carbocycles. The van der Waals surface area contributed by atoms with Gasteiger partial charge in [0.15, 0.2) is 5.11 Å². The summed E-state index contributed by atoms with van der Waals surface area (Å²) in [5, 5.41) is 12.2. The fourth-order valence-corrected chi connectivity index (χ4v) is 1.86. The molecule has 0 amide bonds. The molecule has 2 aromatic rings. The van der Waals surface area contributed by atoms with Crippen LogP contribution in [0.25, 0.3) is 5.69 Å². The minimum atomic E-state index is -0.0234. The van der Waals surface area contributed by atoms with E-state index in [1.807, 2.05) is 28.9 Å². The van der Waals surface area contributed by atoms with Gasteiger partial charge in [0.25, 0.3) is 0 Å². The molecule has 2 rings (SSSR count). The predicted octanol–water partition coefficient (Wildman–Crippen LogP) is 1.73. The molecule has 110 valence electrons. The van der Waals surface area contributed by atoms with Crippen LogP contribution >= 0.6 is 12.2 Å². The maximum absolute atomic E-state index is 5.29. The third kappa shape index (κ3) is 3.85. The van der Waals surface area contributed by atoms with E-state index < -0.39 is 0 Å². The van der Waals surface area contributed by atoms with E-state index in [1.165, 1.54) is 0 Å². The van der Waals surface area contributed by atoms with Gasteiger partial charge in [-0.3, -0.25) is 5.43 Å². The molecule has 0 aliphatic carbocycles. The molecule has 0 aliphatic rings. The number of thiocarbonyl (C=S) groups is 1. The van der Waals surface area contributed by atoms with E-state index >= 15 is 0 Å². The molecule has 0 radical (unpaired) electrons. The van der Waals surface area contributed by atoms with Gasteiger partial charge in [0, 0.05) is 5.41 Å². The van der Waals surface area contributed by atoms with Crippen LogP contribution in [0.3, 0.4) is 0 Å². The van der Waals surface area contributed by atoms with Gasteiger partial charge in [-0.25, -0.2) is 4.68 Å². The summed E-state index contributed by atoms with van der Waals surface area (Å²) in [4.78, 5) is 0. The smallest absolute Gasteiger partial charge is 0.184 e. The number of nitrogens with two attached hydrogens (primary N) is 1. The highest BCUT2D eigenvalue weighted by molar-refractivity contribution is 7.80.